The molecule has 1 aliphatic heterocycles. The van der Waals surface area contributed by atoms with Crippen molar-refractivity contribution in [1.82, 2.24) is 4.90 Å². The highest BCUT2D eigenvalue weighted by atomic mass is 32.2. The number of thioether (sulfide) groups is 1. The van der Waals surface area contributed by atoms with E-state index in [4.69, 9.17) is 8.83 Å². The van der Waals surface area contributed by atoms with Crippen LogP contribution in [0, 0.1) is 0 Å². The summed E-state index contributed by atoms with van der Waals surface area (Å²) in [5, 5.41) is 0.337. The average molecular weight is 277 g/mol. The molecule has 0 bridgehead atoms. The van der Waals surface area contributed by atoms with Gasteiger partial charge in [-0.3, -0.25) is 4.79 Å². The van der Waals surface area contributed by atoms with E-state index in [1.807, 2.05) is 28.8 Å². The molecule has 3 heterocycles. The Kier molecular flexibility index (Phi) is 3.64. The van der Waals surface area contributed by atoms with Gasteiger partial charge in [0, 0.05) is 18.8 Å². The van der Waals surface area contributed by atoms with E-state index >= 15 is 0 Å². The standard InChI is InChI=1S/C14H15NO3S/c16-14(12-4-2-9-18-12)15-6-5-13(19-10-7-15)11-3-1-8-17-11/h1-4,8-9,13H,5-7,10H2/t13-/m1/s1. The molecule has 0 N–H and O–H groups in total. The van der Waals surface area contributed by atoms with Gasteiger partial charge < -0.3 is 13.7 Å². The molecule has 100 valence electrons. The van der Waals surface area contributed by atoms with Crippen LogP contribution in [0.3, 0.4) is 0 Å². The molecule has 3 rings (SSSR count). The first kappa shape index (κ1) is 12.4. The highest BCUT2D eigenvalue weighted by Crippen LogP contribution is 2.34. The molecule has 5 heteroatoms. The van der Waals surface area contributed by atoms with Crippen LogP contribution in [-0.2, 0) is 0 Å². The van der Waals surface area contributed by atoms with Crippen molar-refractivity contribution < 1.29 is 13.6 Å². The number of amides is 1. The van der Waals surface area contributed by atoms with Crippen molar-refractivity contribution in [1.29, 1.82) is 0 Å². The number of furan rings is 2. The number of rotatable bonds is 2. The Morgan fingerprint density at radius 1 is 1.21 bits per heavy atom. The zero-order chi connectivity index (χ0) is 13.1. The average Bonchev–Trinajstić information content (AvgIpc) is 3.08. The van der Waals surface area contributed by atoms with Crippen molar-refractivity contribution in [2.75, 3.05) is 18.8 Å². The van der Waals surface area contributed by atoms with Crippen LogP contribution >= 0.6 is 11.8 Å². The summed E-state index contributed by atoms with van der Waals surface area (Å²) in [5.41, 5.74) is 0. The van der Waals surface area contributed by atoms with Crippen molar-refractivity contribution in [3.05, 3.63) is 48.3 Å². The van der Waals surface area contributed by atoms with E-state index < -0.39 is 0 Å². The molecule has 2 aromatic rings. The van der Waals surface area contributed by atoms with Gasteiger partial charge in [0.1, 0.15) is 5.76 Å². The Bertz CT molecular complexity index is 521. The summed E-state index contributed by atoms with van der Waals surface area (Å²) in [6.07, 6.45) is 4.14. The molecular weight excluding hydrogens is 262 g/mol. The minimum atomic E-state index is -0.0225. The van der Waals surface area contributed by atoms with Gasteiger partial charge in [-0.15, -0.1) is 11.8 Å². The van der Waals surface area contributed by atoms with Crippen LogP contribution in [0.1, 0.15) is 28.0 Å². The number of nitrogens with zero attached hydrogens (tertiary/aromatic N) is 1. The lowest BCUT2D eigenvalue weighted by Gasteiger charge is -2.18. The molecule has 4 nitrogen and oxygen atoms in total. The number of carbonyl (C=O) groups excluding carboxylic acids is 1. The fourth-order valence-electron chi connectivity index (χ4n) is 2.23. The fourth-order valence-corrected chi connectivity index (χ4v) is 3.41. The van der Waals surface area contributed by atoms with E-state index in [9.17, 15) is 4.79 Å². The summed E-state index contributed by atoms with van der Waals surface area (Å²) in [6.45, 7) is 1.49. The van der Waals surface area contributed by atoms with Gasteiger partial charge >= 0.3 is 0 Å². The fraction of sp³-hybridized carbons (Fsp3) is 0.357. The van der Waals surface area contributed by atoms with Crippen molar-refractivity contribution >= 4 is 17.7 Å². The molecule has 0 saturated carbocycles. The lowest BCUT2D eigenvalue weighted by Crippen LogP contribution is -2.32. The molecule has 1 aliphatic rings. The first-order chi connectivity index (χ1) is 9.34. The molecule has 0 spiro atoms. The van der Waals surface area contributed by atoms with E-state index in [1.54, 1.807) is 18.4 Å². The summed E-state index contributed by atoms with van der Waals surface area (Å²) in [5.74, 6) is 2.31. The summed E-state index contributed by atoms with van der Waals surface area (Å²) >= 11 is 1.84. The number of carbonyl (C=O) groups is 1. The van der Waals surface area contributed by atoms with Crippen molar-refractivity contribution in [2.24, 2.45) is 0 Å². The molecule has 0 radical (unpaired) electrons. The van der Waals surface area contributed by atoms with Gasteiger partial charge in [-0.1, -0.05) is 0 Å². The van der Waals surface area contributed by atoms with E-state index in [0.29, 0.717) is 11.0 Å². The van der Waals surface area contributed by atoms with E-state index in [1.165, 1.54) is 6.26 Å². The summed E-state index contributed by atoms with van der Waals surface area (Å²) < 4.78 is 10.6. The maximum atomic E-state index is 12.2. The second kappa shape index (κ2) is 5.57. The Balaban J connectivity index is 1.66. The predicted molar refractivity (Wildman–Crippen MR) is 73.1 cm³/mol. The second-order valence-corrected chi connectivity index (χ2v) is 5.74. The van der Waals surface area contributed by atoms with Crippen LogP contribution in [0.2, 0.25) is 0 Å². The van der Waals surface area contributed by atoms with Gasteiger partial charge in [-0.2, -0.15) is 0 Å². The molecule has 0 aromatic carbocycles. The normalized spacial score (nSPS) is 20.2. The third kappa shape index (κ3) is 2.71. The van der Waals surface area contributed by atoms with Crippen molar-refractivity contribution in [3.63, 3.8) is 0 Å². The number of hydrogen-bond acceptors (Lipinski definition) is 4. The van der Waals surface area contributed by atoms with E-state index in [-0.39, 0.29) is 5.91 Å². The minimum Gasteiger partial charge on any atom is -0.468 e. The smallest absolute Gasteiger partial charge is 0.289 e. The maximum absolute atomic E-state index is 12.2. The molecule has 19 heavy (non-hydrogen) atoms. The largest absolute Gasteiger partial charge is 0.468 e. The van der Waals surface area contributed by atoms with Gasteiger partial charge in [0.2, 0.25) is 0 Å². The molecule has 0 aliphatic carbocycles. The molecule has 2 aromatic heterocycles. The van der Waals surface area contributed by atoms with Crippen LogP contribution in [0.4, 0.5) is 0 Å². The molecule has 1 fully saturated rings. The predicted octanol–water partition coefficient (Wildman–Crippen LogP) is 3.19. The van der Waals surface area contributed by atoms with Gasteiger partial charge in [0.05, 0.1) is 17.8 Å². The van der Waals surface area contributed by atoms with E-state index in [0.717, 1.165) is 31.0 Å². The van der Waals surface area contributed by atoms with E-state index in [2.05, 4.69) is 0 Å². The zero-order valence-corrected chi connectivity index (χ0v) is 11.3. The minimum absolute atomic E-state index is 0.0225. The molecule has 1 amide bonds. The van der Waals surface area contributed by atoms with Gasteiger partial charge in [0.15, 0.2) is 5.76 Å². The summed E-state index contributed by atoms with van der Waals surface area (Å²) in [7, 11) is 0. The molecular formula is C14H15NO3S. The maximum Gasteiger partial charge on any atom is 0.289 e. The summed E-state index contributed by atoms with van der Waals surface area (Å²) in [4.78, 5) is 14.1. The van der Waals surface area contributed by atoms with Gasteiger partial charge in [0.25, 0.3) is 5.91 Å². The SMILES string of the molecule is O=C(c1ccco1)N1CCS[C@@H](c2ccco2)CC1. The second-order valence-electron chi connectivity index (χ2n) is 4.43. The summed E-state index contributed by atoms with van der Waals surface area (Å²) in [6, 6.07) is 7.37. The lowest BCUT2D eigenvalue weighted by molar-refractivity contribution is 0.0734. The van der Waals surface area contributed by atoms with Gasteiger partial charge in [-0.05, 0) is 30.7 Å². The zero-order valence-electron chi connectivity index (χ0n) is 10.5. The Morgan fingerprint density at radius 2 is 2.05 bits per heavy atom. The van der Waals surface area contributed by atoms with Crippen LogP contribution in [0.25, 0.3) is 0 Å². The monoisotopic (exact) mass is 277 g/mol. The molecule has 1 saturated heterocycles. The number of hydrogen-bond donors (Lipinski definition) is 0. The van der Waals surface area contributed by atoms with Gasteiger partial charge in [-0.25, -0.2) is 0 Å². The van der Waals surface area contributed by atoms with Crippen LogP contribution in [0.15, 0.2) is 45.6 Å². The van der Waals surface area contributed by atoms with Crippen LogP contribution in [-0.4, -0.2) is 29.6 Å². The third-order valence-corrected chi connectivity index (χ3v) is 4.51. The van der Waals surface area contributed by atoms with Crippen molar-refractivity contribution in [2.45, 2.75) is 11.7 Å². The Morgan fingerprint density at radius 3 is 2.79 bits per heavy atom. The van der Waals surface area contributed by atoms with Crippen LogP contribution in [0.5, 0.6) is 0 Å². The van der Waals surface area contributed by atoms with Crippen molar-refractivity contribution in [3.8, 4) is 0 Å². The van der Waals surface area contributed by atoms with Crippen LogP contribution < -0.4 is 0 Å². The first-order valence-electron chi connectivity index (χ1n) is 6.32. The Hall–Kier alpha value is -1.62. The lowest BCUT2D eigenvalue weighted by atomic mass is 10.2. The third-order valence-electron chi connectivity index (χ3n) is 3.22. The topological polar surface area (TPSA) is 46.6 Å². The molecule has 1 atom stereocenters. The molecule has 0 unspecified atom stereocenters. The quantitative estimate of drug-likeness (QED) is 0.845. The first-order valence-corrected chi connectivity index (χ1v) is 7.37. The highest BCUT2D eigenvalue weighted by Gasteiger charge is 2.25. The highest BCUT2D eigenvalue weighted by molar-refractivity contribution is 7.99. The Labute approximate surface area is 115 Å².